The van der Waals surface area contributed by atoms with Crippen LogP contribution >= 0.6 is 0 Å². The molecule has 1 rings (SSSR count). The van der Waals surface area contributed by atoms with E-state index in [1.165, 1.54) is 0 Å². The third kappa shape index (κ3) is 3.18. The molecule has 110 valence electrons. The molecule has 19 heavy (non-hydrogen) atoms. The van der Waals surface area contributed by atoms with Crippen LogP contribution in [0.5, 0.6) is 0 Å². The predicted molar refractivity (Wildman–Crippen MR) is 73.8 cm³/mol. The molecule has 1 aliphatic rings. The van der Waals surface area contributed by atoms with Crippen molar-refractivity contribution >= 4 is 5.97 Å². The number of carboxylic acids is 1. The smallest absolute Gasteiger partial charge is 0.311 e. The van der Waals surface area contributed by atoms with Crippen LogP contribution in [0, 0.1) is 11.3 Å². The monoisotopic (exact) mass is 270 g/mol. The first-order chi connectivity index (χ1) is 8.53. The molecule has 4 nitrogen and oxygen atoms in total. The quantitative estimate of drug-likeness (QED) is 0.800. The van der Waals surface area contributed by atoms with Crippen LogP contribution in [0.2, 0.25) is 0 Å². The van der Waals surface area contributed by atoms with E-state index in [0.717, 1.165) is 5.57 Å². The Morgan fingerprint density at radius 1 is 1.32 bits per heavy atom. The van der Waals surface area contributed by atoms with Gasteiger partial charge < -0.3 is 14.6 Å². The van der Waals surface area contributed by atoms with Gasteiger partial charge in [0.25, 0.3) is 0 Å². The Hall–Kier alpha value is -0.870. The summed E-state index contributed by atoms with van der Waals surface area (Å²) in [5, 5.41) is 9.43. The Labute approximate surface area is 115 Å². The molecule has 1 heterocycles. The van der Waals surface area contributed by atoms with Crippen molar-refractivity contribution in [1.29, 1.82) is 0 Å². The van der Waals surface area contributed by atoms with Gasteiger partial charge in [0.1, 0.15) is 0 Å². The van der Waals surface area contributed by atoms with Crippen LogP contribution in [0.3, 0.4) is 0 Å². The molecule has 0 bridgehead atoms. The molecular weight excluding hydrogens is 244 g/mol. The van der Waals surface area contributed by atoms with Gasteiger partial charge in [-0.1, -0.05) is 13.0 Å². The van der Waals surface area contributed by atoms with Crippen LogP contribution < -0.4 is 0 Å². The van der Waals surface area contributed by atoms with Crippen molar-refractivity contribution in [3.63, 3.8) is 0 Å². The zero-order valence-electron chi connectivity index (χ0n) is 13.0. The van der Waals surface area contributed by atoms with E-state index in [1.807, 2.05) is 40.7 Å². The normalized spacial score (nSPS) is 32.2. The number of allylic oxidation sites excluding steroid dienone is 1. The van der Waals surface area contributed by atoms with Gasteiger partial charge in [-0.25, -0.2) is 0 Å². The Morgan fingerprint density at radius 2 is 1.84 bits per heavy atom. The van der Waals surface area contributed by atoms with Crippen LogP contribution in [0.4, 0.5) is 0 Å². The van der Waals surface area contributed by atoms with Crippen LogP contribution in [0.25, 0.3) is 0 Å². The van der Waals surface area contributed by atoms with Gasteiger partial charge >= 0.3 is 5.97 Å². The Morgan fingerprint density at radius 3 is 2.26 bits per heavy atom. The van der Waals surface area contributed by atoms with E-state index < -0.39 is 23.3 Å². The first-order valence-electron chi connectivity index (χ1n) is 6.74. The van der Waals surface area contributed by atoms with Gasteiger partial charge in [-0.05, 0) is 47.1 Å². The van der Waals surface area contributed by atoms with E-state index >= 15 is 0 Å². The summed E-state index contributed by atoms with van der Waals surface area (Å²) >= 11 is 0. The van der Waals surface area contributed by atoms with E-state index in [2.05, 4.69) is 0 Å². The molecule has 0 unspecified atom stereocenters. The Bertz CT molecular complexity index is 382. The third-order valence-electron chi connectivity index (χ3n) is 3.94. The molecule has 0 saturated carbocycles. The molecule has 1 saturated heterocycles. The first-order valence-corrected chi connectivity index (χ1v) is 6.74. The molecule has 0 amide bonds. The van der Waals surface area contributed by atoms with Crippen LogP contribution in [-0.2, 0) is 14.3 Å². The minimum absolute atomic E-state index is 0.0182. The summed E-state index contributed by atoms with van der Waals surface area (Å²) in [6.07, 6.45) is 1.50. The van der Waals surface area contributed by atoms with Crippen molar-refractivity contribution in [3.05, 3.63) is 11.6 Å². The molecule has 0 aromatic heterocycles. The predicted octanol–water partition coefficient (Wildman–Crippen LogP) is 3.22. The van der Waals surface area contributed by atoms with E-state index in [9.17, 15) is 9.90 Å². The van der Waals surface area contributed by atoms with Crippen molar-refractivity contribution in [1.82, 2.24) is 0 Å². The van der Waals surface area contributed by atoms with Gasteiger partial charge in [-0.3, -0.25) is 4.79 Å². The van der Waals surface area contributed by atoms with Crippen molar-refractivity contribution in [2.45, 2.75) is 66.5 Å². The molecule has 1 aliphatic heterocycles. The van der Waals surface area contributed by atoms with Crippen LogP contribution in [0.15, 0.2) is 11.6 Å². The minimum Gasteiger partial charge on any atom is -0.481 e. The minimum atomic E-state index is -0.952. The van der Waals surface area contributed by atoms with Crippen molar-refractivity contribution < 1.29 is 19.4 Å². The molecule has 4 heteroatoms. The summed E-state index contributed by atoms with van der Waals surface area (Å²) in [6.45, 7) is 13.0. The Balaban J connectivity index is 3.15. The third-order valence-corrected chi connectivity index (χ3v) is 3.94. The van der Waals surface area contributed by atoms with Gasteiger partial charge in [0.15, 0.2) is 5.79 Å². The molecule has 0 aromatic rings. The molecule has 0 aromatic carbocycles. The van der Waals surface area contributed by atoms with Crippen molar-refractivity contribution in [3.8, 4) is 0 Å². The lowest BCUT2D eigenvalue weighted by atomic mass is 9.76. The second-order valence-electron chi connectivity index (χ2n) is 6.40. The van der Waals surface area contributed by atoms with E-state index in [-0.39, 0.29) is 12.0 Å². The van der Waals surface area contributed by atoms with Crippen LogP contribution in [0.1, 0.15) is 48.5 Å². The lowest BCUT2D eigenvalue weighted by Crippen LogP contribution is -2.57. The fourth-order valence-corrected chi connectivity index (χ4v) is 2.61. The van der Waals surface area contributed by atoms with Gasteiger partial charge in [0.05, 0.1) is 17.6 Å². The molecule has 3 atom stereocenters. The number of hydrogen-bond donors (Lipinski definition) is 1. The van der Waals surface area contributed by atoms with E-state index in [0.29, 0.717) is 0 Å². The summed E-state index contributed by atoms with van der Waals surface area (Å²) in [5.41, 5.74) is 0.155. The SMILES string of the molecule is C/C=C(\C)[C@@H]1OC(C)(C)O[C@H](C(C)(C)C(=O)O)[C@H]1C. The lowest BCUT2D eigenvalue weighted by Gasteiger charge is -2.49. The highest BCUT2D eigenvalue weighted by Gasteiger charge is 2.50. The maximum atomic E-state index is 11.5. The van der Waals surface area contributed by atoms with E-state index in [1.54, 1.807) is 13.8 Å². The summed E-state index contributed by atoms with van der Waals surface area (Å²) in [4.78, 5) is 11.5. The zero-order valence-corrected chi connectivity index (χ0v) is 13.0. The number of aliphatic carboxylic acids is 1. The zero-order chi connectivity index (χ0) is 15.0. The number of carboxylic acid groups (broad SMARTS) is 1. The van der Waals surface area contributed by atoms with Gasteiger partial charge in [-0.2, -0.15) is 0 Å². The van der Waals surface area contributed by atoms with Crippen molar-refractivity contribution in [2.24, 2.45) is 11.3 Å². The van der Waals surface area contributed by atoms with Gasteiger partial charge in [0.2, 0.25) is 0 Å². The second-order valence-corrected chi connectivity index (χ2v) is 6.40. The topological polar surface area (TPSA) is 55.8 Å². The lowest BCUT2D eigenvalue weighted by molar-refractivity contribution is -0.326. The number of hydrogen-bond acceptors (Lipinski definition) is 3. The highest BCUT2D eigenvalue weighted by Crippen LogP contribution is 2.41. The van der Waals surface area contributed by atoms with Crippen molar-refractivity contribution in [2.75, 3.05) is 0 Å². The largest absolute Gasteiger partial charge is 0.481 e. The molecule has 1 fully saturated rings. The fourth-order valence-electron chi connectivity index (χ4n) is 2.61. The summed E-state index contributed by atoms with van der Waals surface area (Å²) in [5.74, 6) is -1.65. The molecule has 1 N–H and O–H groups in total. The Kier molecular flexibility index (Phi) is 4.47. The fraction of sp³-hybridized carbons (Fsp3) is 0.800. The highest BCUT2D eigenvalue weighted by atomic mass is 16.7. The summed E-state index contributed by atoms with van der Waals surface area (Å²) < 4.78 is 11.9. The first kappa shape index (κ1) is 16.2. The highest BCUT2D eigenvalue weighted by molar-refractivity contribution is 5.74. The standard InChI is InChI=1S/C15H26O4/c1-8-9(2)11-10(3)12(14(4,5)13(16)17)19-15(6,7)18-11/h8,10-12H,1-7H3,(H,16,17)/b9-8+/t10-,11-,12-/m0/s1. The maximum absolute atomic E-state index is 11.5. The second kappa shape index (κ2) is 5.25. The average Bonchev–Trinajstić information content (AvgIpc) is 2.30. The number of rotatable bonds is 3. The maximum Gasteiger partial charge on any atom is 0.311 e. The molecular formula is C15H26O4. The van der Waals surface area contributed by atoms with E-state index in [4.69, 9.17) is 9.47 Å². The summed E-state index contributed by atoms with van der Waals surface area (Å²) in [6, 6.07) is 0. The number of carbonyl (C=O) groups is 1. The van der Waals surface area contributed by atoms with Gasteiger partial charge in [0, 0.05) is 5.92 Å². The number of ether oxygens (including phenoxy) is 2. The molecule has 0 aliphatic carbocycles. The van der Waals surface area contributed by atoms with Crippen LogP contribution in [-0.4, -0.2) is 29.1 Å². The summed E-state index contributed by atoms with van der Waals surface area (Å²) in [7, 11) is 0. The average molecular weight is 270 g/mol. The molecule has 0 spiro atoms. The molecule has 0 radical (unpaired) electrons. The van der Waals surface area contributed by atoms with Gasteiger partial charge in [-0.15, -0.1) is 0 Å².